The van der Waals surface area contributed by atoms with Gasteiger partial charge in [0.2, 0.25) is 5.88 Å². The zero-order valence-corrected chi connectivity index (χ0v) is 11.0. The number of pyridine rings is 1. The number of aliphatic hydroxyl groups excluding tert-OH is 1. The van der Waals surface area contributed by atoms with Crippen LogP contribution in [0.1, 0.15) is 25.5 Å². The summed E-state index contributed by atoms with van der Waals surface area (Å²) in [7, 11) is 0. The molecule has 0 radical (unpaired) electrons. The van der Waals surface area contributed by atoms with Gasteiger partial charge >= 0.3 is 0 Å². The Balaban J connectivity index is 2.23. The third-order valence-corrected chi connectivity index (χ3v) is 2.58. The Hall–Kier alpha value is -2.07. The molecule has 0 saturated carbocycles. The molecule has 0 amide bonds. The molecule has 1 N–H and O–H groups in total. The Bertz CT molecular complexity index is 540. The summed E-state index contributed by atoms with van der Waals surface area (Å²) in [6.45, 7) is 4.21. The van der Waals surface area contributed by atoms with E-state index in [0.29, 0.717) is 23.8 Å². The number of nitrogens with zero attached hydrogens (tertiary/aromatic N) is 1. The van der Waals surface area contributed by atoms with Gasteiger partial charge in [0.25, 0.3) is 0 Å². The van der Waals surface area contributed by atoms with E-state index in [4.69, 9.17) is 9.47 Å². The van der Waals surface area contributed by atoms with E-state index < -0.39 is 6.10 Å². The number of rotatable bonds is 5. The summed E-state index contributed by atoms with van der Waals surface area (Å²) in [6, 6.07) is 10.9. The minimum Gasteiger partial charge on any atom is -0.494 e. The first-order valence-corrected chi connectivity index (χ1v) is 6.24. The molecule has 1 atom stereocenters. The highest BCUT2D eigenvalue weighted by Gasteiger charge is 2.10. The second kappa shape index (κ2) is 6.20. The zero-order chi connectivity index (χ0) is 13.7. The van der Waals surface area contributed by atoms with Gasteiger partial charge in [-0.25, -0.2) is 4.98 Å². The molecule has 2 rings (SSSR count). The van der Waals surface area contributed by atoms with Gasteiger partial charge in [0, 0.05) is 17.8 Å². The molecular formula is C15H17NO3. The van der Waals surface area contributed by atoms with Crippen molar-refractivity contribution in [2.24, 2.45) is 0 Å². The highest BCUT2D eigenvalue weighted by Crippen LogP contribution is 2.29. The predicted molar refractivity (Wildman–Crippen MR) is 72.6 cm³/mol. The van der Waals surface area contributed by atoms with Crippen LogP contribution in [-0.2, 0) is 0 Å². The smallest absolute Gasteiger partial charge is 0.225 e. The van der Waals surface area contributed by atoms with E-state index in [1.165, 1.54) is 0 Å². The number of aliphatic hydroxyl groups is 1. The molecule has 0 bridgehead atoms. The molecule has 1 heterocycles. The van der Waals surface area contributed by atoms with Gasteiger partial charge in [0.1, 0.15) is 11.5 Å². The maximum Gasteiger partial charge on any atom is 0.225 e. The number of hydrogen-bond donors (Lipinski definition) is 1. The fourth-order valence-corrected chi connectivity index (χ4v) is 1.71. The SMILES string of the molecule is CCOc1cccc(Oc2ncccc2C(C)O)c1. The van der Waals surface area contributed by atoms with Gasteiger partial charge in [0.15, 0.2) is 0 Å². The lowest BCUT2D eigenvalue weighted by atomic mass is 10.2. The van der Waals surface area contributed by atoms with Crippen LogP contribution in [-0.4, -0.2) is 16.7 Å². The number of aromatic nitrogens is 1. The summed E-state index contributed by atoms with van der Waals surface area (Å²) in [5, 5.41) is 9.68. The average molecular weight is 259 g/mol. The standard InChI is InChI=1S/C15H17NO3/c1-3-18-12-6-4-7-13(10-12)19-15-14(11(2)17)8-5-9-16-15/h4-11,17H,3H2,1-2H3. The second-order valence-electron chi connectivity index (χ2n) is 4.08. The van der Waals surface area contributed by atoms with Gasteiger partial charge in [-0.1, -0.05) is 6.07 Å². The van der Waals surface area contributed by atoms with Crippen LogP contribution in [0.3, 0.4) is 0 Å². The van der Waals surface area contributed by atoms with Crippen LogP contribution in [0.2, 0.25) is 0 Å². The largest absolute Gasteiger partial charge is 0.494 e. The van der Waals surface area contributed by atoms with Crippen LogP contribution in [0.4, 0.5) is 0 Å². The minimum atomic E-state index is -0.626. The minimum absolute atomic E-state index is 0.408. The summed E-state index contributed by atoms with van der Waals surface area (Å²) in [5.41, 5.74) is 0.657. The lowest BCUT2D eigenvalue weighted by molar-refractivity contribution is 0.194. The van der Waals surface area contributed by atoms with Gasteiger partial charge < -0.3 is 14.6 Å². The molecule has 2 aromatic rings. The first kappa shape index (κ1) is 13.4. The molecule has 0 aliphatic carbocycles. The molecular weight excluding hydrogens is 242 g/mol. The Kier molecular flexibility index (Phi) is 4.36. The van der Waals surface area contributed by atoms with E-state index in [1.807, 2.05) is 25.1 Å². The molecule has 19 heavy (non-hydrogen) atoms. The van der Waals surface area contributed by atoms with Crippen molar-refractivity contribution in [3.8, 4) is 17.4 Å². The van der Waals surface area contributed by atoms with Crippen molar-refractivity contribution in [3.05, 3.63) is 48.2 Å². The molecule has 1 aromatic heterocycles. The molecule has 4 nitrogen and oxygen atoms in total. The Labute approximate surface area is 112 Å². The van der Waals surface area contributed by atoms with E-state index >= 15 is 0 Å². The fourth-order valence-electron chi connectivity index (χ4n) is 1.71. The van der Waals surface area contributed by atoms with Crippen LogP contribution >= 0.6 is 0 Å². The van der Waals surface area contributed by atoms with Crippen molar-refractivity contribution >= 4 is 0 Å². The molecule has 0 fully saturated rings. The second-order valence-corrected chi connectivity index (χ2v) is 4.08. The van der Waals surface area contributed by atoms with Crippen LogP contribution < -0.4 is 9.47 Å². The van der Waals surface area contributed by atoms with Crippen molar-refractivity contribution in [1.29, 1.82) is 0 Å². The van der Waals surface area contributed by atoms with Gasteiger partial charge in [-0.3, -0.25) is 0 Å². The third-order valence-electron chi connectivity index (χ3n) is 2.58. The van der Waals surface area contributed by atoms with Gasteiger partial charge in [0.05, 0.1) is 12.7 Å². The predicted octanol–water partition coefficient (Wildman–Crippen LogP) is 3.33. The number of ether oxygens (including phenoxy) is 2. The van der Waals surface area contributed by atoms with Crippen LogP contribution in [0.25, 0.3) is 0 Å². The third kappa shape index (κ3) is 3.45. The average Bonchev–Trinajstić information content (AvgIpc) is 2.40. The maximum atomic E-state index is 9.68. The highest BCUT2D eigenvalue weighted by atomic mass is 16.5. The van der Waals surface area contributed by atoms with Crippen molar-refractivity contribution in [3.63, 3.8) is 0 Å². The quantitative estimate of drug-likeness (QED) is 0.894. The van der Waals surface area contributed by atoms with E-state index in [0.717, 1.165) is 5.75 Å². The summed E-state index contributed by atoms with van der Waals surface area (Å²) in [6.07, 6.45) is 1.01. The molecule has 0 spiro atoms. The molecule has 100 valence electrons. The number of hydrogen-bond acceptors (Lipinski definition) is 4. The maximum absolute atomic E-state index is 9.68. The van der Waals surface area contributed by atoms with E-state index in [1.54, 1.807) is 31.3 Å². The Morgan fingerprint density at radius 3 is 2.74 bits per heavy atom. The normalized spacial score (nSPS) is 11.9. The van der Waals surface area contributed by atoms with Crippen molar-refractivity contribution in [2.45, 2.75) is 20.0 Å². The molecule has 1 unspecified atom stereocenters. The monoisotopic (exact) mass is 259 g/mol. The van der Waals surface area contributed by atoms with Crippen molar-refractivity contribution < 1.29 is 14.6 Å². The summed E-state index contributed by atoms with van der Waals surface area (Å²) >= 11 is 0. The Morgan fingerprint density at radius 2 is 2.00 bits per heavy atom. The van der Waals surface area contributed by atoms with E-state index in [9.17, 15) is 5.11 Å². The summed E-state index contributed by atoms with van der Waals surface area (Å²) in [5.74, 6) is 1.78. The van der Waals surface area contributed by atoms with Crippen molar-refractivity contribution in [1.82, 2.24) is 4.98 Å². The number of benzene rings is 1. The lowest BCUT2D eigenvalue weighted by Crippen LogP contribution is -1.98. The molecule has 4 heteroatoms. The summed E-state index contributed by atoms with van der Waals surface area (Å²) in [4.78, 5) is 4.15. The van der Waals surface area contributed by atoms with Crippen molar-refractivity contribution in [2.75, 3.05) is 6.61 Å². The first-order valence-electron chi connectivity index (χ1n) is 6.24. The zero-order valence-electron chi connectivity index (χ0n) is 11.0. The molecule has 1 aromatic carbocycles. The highest BCUT2D eigenvalue weighted by molar-refractivity contribution is 5.37. The summed E-state index contributed by atoms with van der Waals surface area (Å²) < 4.78 is 11.1. The lowest BCUT2D eigenvalue weighted by Gasteiger charge is -2.12. The van der Waals surface area contributed by atoms with E-state index in [2.05, 4.69) is 4.98 Å². The van der Waals surface area contributed by atoms with Crippen LogP contribution in [0, 0.1) is 0 Å². The molecule has 0 aliphatic rings. The van der Waals surface area contributed by atoms with Gasteiger partial charge in [-0.15, -0.1) is 0 Å². The van der Waals surface area contributed by atoms with Gasteiger partial charge in [-0.05, 0) is 38.1 Å². The molecule has 0 saturated heterocycles. The topological polar surface area (TPSA) is 51.6 Å². The van der Waals surface area contributed by atoms with Crippen LogP contribution in [0.5, 0.6) is 17.4 Å². The van der Waals surface area contributed by atoms with E-state index in [-0.39, 0.29) is 0 Å². The molecule has 0 aliphatic heterocycles. The Morgan fingerprint density at radius 1 is 1.21 bits per heavy atom. The fraction of sp³-hybridized carbons (Fsp3) is 0.267. The van der Waals surface area contributed by atoms with Crippen LogP contribution in [0.15, 0.2) is 42.6 Å². The van der Waals surface area contributed by atoms with Gasteiger partial charge in [-0.2, -0.15) is 0 Å². The first-order chi connectivity index (χ1) is 9.20.